The number of ether oxygens (including phenoxy) is 2. The van der Waals surface area contributed by atoms with Crippen LogP contribution in [0.1, 0.15) is 29.2 Å². The summed E-state index contributed by atoms with van der Waals surface area (Å²) < 4.78 is 88.8. The highest BCUT2D eigenvalue weighted by atomic mass is 19.4. The van der Waals surface area contributed by atoms with Gasteiger partial charge in [0.05, 0.1) is 6.20 Å². The predicted molar refractivity (Wildman–Crippen MR) is 137 cm³/mol. The third kappa shape index (κ3) is 7.78. The Hall–Kier alpha value is -3.99. The Morgan fingerprint density at radius 3 is 1.82 bits per heavy atom. The first-order valence-corrected chi connectivity index (χ1v) is 12.4. The van der Waals surface area contributed by atoms with Crippen LogP contribution in [0.3, 0.4) is 0 Å². The lowest BCUT2D eigenvalue weighted by atomic mass is 9.70. The molecule has 0 unspecified atom stereocenters. The molecule has 40 heavy (non-hydrogen) atoms. The fraction of sp³-hybridized carbons (Fsp3) is 0.276. The average molecular weight is 564 g/mol. The Morgan fingerprint density at radius 1 is 0.750 bits per heavy atom. The molecule has 1 N–H and O–H groups in total. The van der Waals surface area contributed by atoms with E-state index >= 15 is 0 Å². The van der Waals surface area contributed by atoms with Crippen LogP contribution in [0, 0.1) is 0 Å². The summed E-state index contributed by atoms with van der Waals surface area (Å²) in [4.78, 5) is 0. The lowest BCUT2D eigenvalue weighted by Crippen LogP contribution is -2.41. The second-order valence-corrected chi connectivity index (χ2v) is 9.20. The quantitative estimate of drug-likeness (QED) is 0.199. The molecule has 1 heterocycles. The van der Waals surface area contributed by atoms with Crippen LogP contribution in [-0.2, 0) is 24.9 Å². The summed E-state index contributed by atoms with van der Waals surface area (Å²) in [5, 5.41) is 7.61. The second-order valence-electron chi connectivity index (χ2n) is 9.20. The third-order valence-corrected chi connectivity index (χ3v) is 6.36. The Labute approximate surface area is 227 Å². The van der Waals surface area contributed by atoms with Gasteiger partial charge in [0.1, 0.15) is 11.5 Å². The van der Waals surface area contributed by atoms with Gasteiger partial charge < -0.3 is 14.8 Å². The minimum atomic E-state index is -4.92. The molecule has 11 heteroatoms. The fourth-order valence-corrected chi connectivity index (χ4v) is 4.65. The number of alkyl halides is 6. The van der Waals surface area contributed by atoms with Crippen molar-refractivity contribution in [3.63, 3.8) is 0 Å². The normalized spacial score (nSPS) is 12.4. The second kappa shape index (κ2) is 12.0. The number of aromatic nitrogens is 2. The van der Waals surface area contributed by atoms with Gasteiger partial charge in [0.2, 0.25) is 0 Å². The first kappa shape index (κ1) is 29.0. The van der Waals surface area contributed by atoms with E-state index in [4.69, 9.17) is 0 Å². The Morgan fingerprint density at radius 2 is 1.32 bits per heavy atom. The minimum absolute atomic E-state index is 0.157. The molecular formula is C29H27F6N3O2. The van der Waals surface area contributed by atoms with E-state index in [1.807, 2.05) is 43.5 Å². The van der Waals surface area contributed by atoms with E-state index in [9.17, 15) is 26.3 Å². The van der Waals surface area contributed by atoms with Gasteiger partial charge in [-0.25, -0.2) is 0 Å². The molecule has 5 nitrogen and oxygen atoms in total. The first-order chi connectivity index (χ1) is 19.0. The van der Waals surface area contributed by atoms with Crippen molar-refractivity contribution in [2.45, 2.75) is 44.6 Å². The van der Waals surface area contributed by atoms with Gasteiger partial charge in [0.25, 0.3) is 0 Å². The molecule has 0 aliphatic carbocycles. The number of rotatable bonds is 11. The van der Waals surface area contributed by atoms with Crippen molar-refractivity contribution >= 4 is 0 Å². The highest BCUT2D eigenvalue weighted by Crippen LogP contribution is 2.40. The van der Waals surface area contributed by atoms with Gasteiger partial charge in [-0.2, -0.15) is 5.10 Å². The molecular weight excluding hydrogens is 536 g/mol. The van der Waals surface area contributed by atoms with E-state index in [0.29, 0.717) is 24.2 Å². The zero-order valence-electron chi connectivity index (χ0n) is 21.5. The van der Waals surface area contributed by atoms with Crippen LogP contribution < -0.4 is 14.8 Å². The fourth-order valence-electron chi connectivity index (χ4n) is 4.65. The van der Waals surface area contributed by atoms with Crippen molar-refractivity contribution in [1.29, 1.82) is 0 Å². The predicted octanol–water partition coefficient (Wildman–Crippen LogP) is 7.02. The number of hydrogen-bond donors (Lipinski definition) is 1. The van der Waals surface area contributed by atoms with Gasteiger partial charge in [-0.05, 0) is 54.3 Å². The standard InChI is InChI=1S/C29H27F6N3O2/c1-2-38-19-22(18-37-38)17-36-20-27(16-21-8-4-3-5-9-21,23-10-6-12-25(14-23)39-28(30,31)32)24-11-7-13-26(15-24)40-29(33,34)35/h3-15,18-19,36H,2,16-17,20H2,1H3. The van der Waals surface area contributed by atoms with E-state index in [2.05, 4.69) is 19.9 Å². The van der Waals surface area contributed by atoms with Crippen molar-refractivity contribution in [2.24, 2.45) is 0 Å². The number of hydrogen-bond acceptors (Lipinski definition) is 4. The molecule has 0 aliphatic heterocycles. The first-order valence-electron chi connectivity index (χ1n) is 12.4. The molecule has 0 saturated carbocycles. The van der Waals surface area contributed by atoms with E-state index in [1.165, 1.54) is 36.4 Å². The number of nitrogens with one attached hydrogen (secondary N) is 1. The van der Waals surface area contributed by atoms with Gasteiger partial charge in [0.15, 0.2) is 0 Å². The van der Waals surface area contributed by atoms with E-state index in [1.54, 1.807) is 23.0 Å². The topological polar surface area (TPSA) is 48.3 Å². The molecule has 0 radical (unpaired) electrons. The Balaban J connectivity index is 1.83. The van der Waals surface area contributed by atoms with Crippen molar-refractivity contribution in [2.75, 3.05) is 6.54 Å². The zero-order chi connectivity index (χ0) is 28.8. The summed E-state index contributed by atoms with van der Waals surface area (Å²) in [6.07, 6.45) is -6.02. The van der Waals surface area contributed by atoms with Crippen molar-refractivity contribution in [3.05, 3.63) is 114 Å². The van der Waals surface area contributed by atoms with Crippen LogP contribution in [0.25, 0.3) is 0 Å². The molecule has 0 fully saturated rings. The van der Waals surface area contributed by atoms with Gasteiger partial charge in [0, 0.05) is 36.8 Å². The van der Waals surface area contributed by atoms with Gasteiger partial charge in [-0.3, -0.25) is 4.68 Å². The van der Waals surface area contributed by atoms with Gasteiger partial charge in [-0.15, -0.1) is 26.3 Å². The van der Waals surface area contributed by atoms with Crippen LogP contribution in [0.2, 0.25) is 0 Å². The van der Waals surface area contributed by atoms with Crippen molar-refractivity contribution in [3.8, 4) is 11.5 Å². The highest BCUT2D eigenvalue weighted by Gasteiger charge is 2.38. The smallest absolute Gasteiger partial charge is 0.406 e. The molecule has 4 aromatic rings. The van der Waals surface area contributed by atoms with Crippen LogP contribution in [0.5, 0.6) is 11.5 Å². The summed E-state index contributed by atoms with van der Waals surface area (Å²) in [6.45, 7) is 3.15. The molecule has 0 amide bonds. The van der Waals surface area contributed by atoms with Gasteiger partial charge in [-0.1, -0.05) is 54.6 Å². The Bertz CT molecular complexity index is 1330. The zero-order valence-corrected chi connectivity index (χ0v) is 21.5. The van der Waals surface area contributed by atoms with Crippen LogP contribution in [0.4, 0.5) is 26.3 Å². The number of aryl methyl sites for hydroxylation is 1. The maximum atomic E-state index is 13.1. The summed E-state index contributed by atoms with van der Waals surface area (Å²) in [6, 6.07) is 20.2. The SMILES string of the molecule is CCn1cc(CNCC(Cc2ccccc2)(c2cccc(OC(F)(F)F)c2)c2cccc(OC(F)(F)F)c2)cn1. The molecule has 1 aromatic heterocycles. The monoisotopic (exact) mass is 563 g/mol. The third-order valence-electron chi connectivity index (χ3n) is 6.36. The number of halogens is 6. The highest BCUT2D eigenvalue weighted by molar-refractivity contribution is 5.47. The van der Waals surface area contributed by atoms with E-state index in [-0.39, 0.29) is 13.0 Å². The molecule has 0 aliphatic rings. The van der Waals surface area contributed by atoms with Gasteiger partial charge >= 0.3 is 12.7 Å². The maximum Gasteiger partial charge on any atom is 0.573 e. The van der Waals surface area contributed by atoms with Crippen molar-refractivity contribution < 1.29 is 35.8 Å². The van der Waals surface area contributed by atoms with E-state index < -0.39 is 29.6 Å². The lowest BCUT2D eigenvalue weighted by molar-refractivity contribution is -0.275. The lowest BCUT2D eigenvalue weighted by Gasteiger charge is -2.36. The summed E-state index contributed by atoms with van der Waals surface area (Å²) >= 11 is 0. The number of nitrogens with zero attached hydrogens (tertiary/aromatic N) is 2. The minimum Gasteiger partial charge on any atom is -0.406 e. The summed E-state index contributed by atoms with van der Waals surface area (Å²) in [5.74, 6) is -0.872. The molecule has 212 valence electrons. The molecule has 0 spiro atoms. The van der Waals surface area contributed by atoms with Crippen LogP contribution >= 0.6 is 0 Å². The van der Waals surface area contributed by atoms with E-state index in [0.717, 1.165) is 11.1 Å². The molecule has 0 atom stereocenters. The average Bonchev–Trinajstić information content (AvgIpc) is 3.35. The number of benzene rings is 3. The summed E-state index contributed by atoms with van der Waals surface area (Å²) in [7, 11) is 0. The Kier molecular flexibility index (Phi) is 8.73. The molecule has 0 saturated heterocycles. The van der Waals surface area contributed by atoms with Crippen LogP contribution in [-0.4, -0.2) is 29.0 Å². The maximum absolute atomic E-state index is 13.1. The molecule has 3 aromatic carbocycles. The van der Waals surface area contributed by atoms with Crippen molar-refractivity contribution in [1.82, 2.24) is 15.1 Å². The van der Waals surface area contributed by atoms with Crippen LogP contribution in [0.15, 0.2) is 91.3 Å². The molecule has 0 bridgehead atoms. The largest absolute Gasteiger partial charge is 0.573 e. The summed E-state index contributed by atoms with van der Waals surface area (Å²) in [5.41, 5.74) is 1.40. The molecule has 4 rings (SSSR count).